The van der Waals surface area contributed by atoms with Gasteiger partial charge >= 0.3 is 0 Å². The number of phenols is 2. The van der Waals surface area contributed by atoms with Crippen LogP contribution in [0.1, 0.15) is 27.0 Å². The molecule has 32 heavy (non-hydrogen) atoms. The first-order valence-electron chi connectivity index (χ1n) is 10.2. The van der Waals surface area contributed by atoms with Crippen LogP contribution in [-0.2, 0) is 12.8 Å². The van der Waals surface area contributed by atoms with Crippen LogP contribution in [0.2, 0.25) is 0 Å². The summed E-state index contributed by atoms with van der Waals surface area (Å²) in [7, 11) is 1.51. The summed E-state index contributed by atoms with van der Waals surface area (Å²) in [6.45, 7) is 7.55. The van der Waals surface area contributed by atoms with Gasteiger partial charge in [0.2, 0.25) is 0 Å². The fraction of sp³-hybridized carbons (Fsp3) is 0.107. The highest BCUT2D eigenvalue weighted by Gasteiger charge is 2.15. The second-order valence-electron chi connectivity index (χ2n) is 7.32. The highest BCUT2D eigenvalue weighted by atomic mass is 16.5. The van der Waals surface area contributed by atoms with Crippen LogP contribution in [0.3, 0.4) is 0 Å². The van der Waals surface area contributed by atoms with Crippen LogP contribution in [0.4, 0.5) is 0 Å². The zero-order valence-corrected chi connectivity index (χ0v) is 18.0. The van der Waals surface area contributed by atoms with Crippen molar-refractivity contribution in [3.05, 3.63) is 108 Å². The van der Waals surface area contributed by atoms with Gasteiger partial charge in [-0.05, 0) is 72.5 Å². The van der Waals surface area contributed by atoms with Crippen molar-refractivity contribution in [2.75, 3.05) is 7.11 Å². The normalized spacial score (nSPS) is 10.8. The van der Waals surface area contributed by atoms with Gasteiger partial charge in [0.25, 0.3) is 0 Å². The minimum atomic E-state index is -0.242. The zero-order valence-electron chi connectivity index (χ0n) is 18.0. The molecule has 0 amide bonds. The summed E-state index contributed by atoms with van der Waals surface area (Å²) in [5, 5.41) is 21.5. The van der Waals surface area contributed by atoms with E-state index in [1.807, 2.05) is 18.2 Å². The lowest BCUT2D eigenvalue weighted by molar-refractivity contribution is 0.104. The van der Waals surface area contributed by atoms with Crippen molar-refractivity contribution in [2.24, 2.45) is 0 Å². The van der Waals surface area contributed by atoms with Gasteiger partial charge in [-0.15, -0.1) is 13.2 Å². The standard InChI is InChI=1S/C28H26O4/c1-4-8-19-12-14-26(30)23(17-19)24-18-20(9-5-2)16-21(28(24)31)13-15-25(29)22-10-6-7-11-27(22)32-3/h4-7,10-18,30-31H,1-2,8-9H2,3H3. The van der Waals surface area contributed by atoms with E-state index in [1.54, 1.807) is 54.6 Å². The first-order chi connectivity index (χ1) is 15.5. The maximum Gasteiger partial charge on any atom is 0.189 e. The molecule has 3 rings (SSSR count). The Morgan fingerprint density at radius 1 is 0.938 bits per heavy atom. The largest absolute Gasteiger partial charge is 0.507 e. The van der Waals surface area contributed by atoms with E-state index in [-0.39, 0.29) is 17.3 Å². The molecular formula is C28H26O4. The lowest BCUT2D eigenvalue weighted by Gasteiger charge is -2.13. The molecule has 0 aliphatic rings. The summed E-state index contributed by atoms with van der Waals surface area (Å²) in [5.74, 6) is 0.279. The molecule has 0 aromatic heterocycles. The van der Waals surface area contributed by atoms with Crippen molar-refractivity contribution in [3.8, 4) is 28.4 Å². The highest BCUT2D eigenvalue weighted by molar-refractivity contribution is 6.08. The number of carbonyl (C=O) groups is 1. The van der Waals surface area contributed by atoms with Gasteiger partial charge in [0.05, 0.1) is 12.7 Å². The fourth-order valence-corrected chi connectivity index (χ4v) is 3.53. The summed E-state index contributed by atoms with van der Waals surface area (Å²) in [6.07, 6.45) is 7.73. The average molecular weight is 427 g/mol. The molecule has 0 fully saturated rings. The van der Waals surface area contributed by atoms with Crippen LogP contribution in [0.5, 0.6) is 17.2 Å². The monoisotopic (exact) mass is 426 g/mol. The number of hydrogen-bond donors (Lipinski definition) is 2. The van der Waals surface area contributed by atoms with Gasteiger partial charge in [-0.1, -0.05) is 30.4 Å². The van der Waals surface area contributed by atoms with Crippen molar-refractivity contribution in [1.82, 2.24) is 0 Å². The Balaban J connectivity index is 2.08. The number of para-hydroxylation sites is 1. The molecule has 4 heteroatoms. The van der Waals surface area contributed by atoms with Gasteiger partial charge in [-0.3, -0.25) is 4.79 Å². The van der Waals surface area contributed by atoms with Gasteiger partial charge in [0, 0.05) is 16.7 Å². The van der Waals surface area contributed by atoms with E-state index < -0.39 is 0 Å². The molecule has 0 bridgehead atoms. The first-order valence-corrected chi connectivity index (χ1v) is 10.2. The molecule has 2 N–H and O–H groups in total. The third-order valence-electron chi connectivity index (χ3n) is 5.10. The van der Waals surface area contributed by atoms with Crippen LogP contribution in [0.25, 0.3) is 17.2 Å². The number of benzene rings is 3. The Bertz CT molecular complexity index is 1190. The molecule has 0 saturated carbocycles. The van der Waals surface area contributed by atoms with Crippen molar-refractivity contribution in [1.29, 1.82) is 0 Å². The van der Waals surface area contributed by atoms with Crippen LogP contribution < -0.4 is 4.74 Å². The van der Waals surface area contributed by atoms with E-state index in [0.717, 1.165) is 11.1 Å². The predicted octanol–water partition coefficient (Wildman–Crippen LogP) is 6.13. The topological polar surface area (TPSA) is 66.8 Å². The summed E-state index contributed by atoms with van der Waals surface area (Å²) < 4.78 is 5.26. The number of hydrogen-bond acceptors (Lipinski definition) is 4. The Morgan fingerprint density at radius 2 is 1.62 bits per heavy atom. The Hall–Kier alpha value is -4.05. The van der Waals surface area contributed by atoms with Crippen LogP contribution in [-0.4, -0.2) is 23.1 Å². The second kappa shape index (κ2) is 10.3. The number of rotatable bonds is 9. The van der Waals surface area contributed by atoms with Crippen LogP contribution in [0, 0.1) is 0 Å². The molecule has 0 aliphatic carbocycles. The van der Waals surface area contributed by atoms with E-state index in [2.05, 4.69) is 13.2 Å². The number of allylic oxidation sites excluding steroid dienone is 3. The Morgan fingerprint density at radius 3 is 2.34 bits per heavy atom. The van der Waals surface area contributed by atoms with E-state index in [1.165, 1.54) is 13.2 Å². The Labute approximate surface area is 188 Å². The van der Waals surface area contributed by atoms with Gasteiger partial charge in [-0.2, -0.15) is 0 Å². The second-order valence-corrected chi connectivity index (χ2v) is 7.32. The smallest absolute Gasteiger partial charge is 0.189 e. The number of ketones is 1. The zero-order chi connectivity index (χ0) is 23.1. The number of phenolic OH excluding ortho intramolecular Hbond substituents is 2. The molecular weight excluding hydrogens is 400 g/mol. The molecule has 0 spiro atoms. The highest BCUT2D eigenvalue weighted by Crippen LogP contribution is 2.39. The third-order valence-corrected chi connectivity index (χ3v) is 5.10. The Kier molecular flexibility index (Phi) is 7.29. The minimum Gasteiger partial charge on any atom is -0.507 e. The summed E-state index contributed by atoms with van der Waals surface area (Å²) >= 11 is 0. The van der Waals surface area contributed by atoms with Crippen molar-refractivity contribution >= 4 is 11.9 Å². The van der Waals surface area contributed by atoms with Crippen molar-refractivity contribution in [2.45, 2.75) is 12.8 Å². The van der Waals surface area contributed by atoms with Crippen LogP contribution >= 0.6 is 0 Å². The van der Waals surface area contributed by atoms with Gasteiger partial charge in [0.1, 0.15) is 17.2 Å². The molecule has 0 atom stereocenters. The minimum absolute atomic E-state index is 0.0204. The average Bonchev–Trinajstić information content (AvgIpc) is 2.80. The van der Waals surface area contributed by atoms with Crippen molar-refractivity contribution in [3.63, 3.8) is 0 Å². The third kappa shape index (κ3) is 4.98. The van der Waals surface area contributed by atoms with E-state index in [9.17, 15) is 15.0 Å². The predicted molar refractivity (Wildman–Crippen MR) is 129 cm³/mol. The van der Waals surface area contributed by atoms with E-state index in [0.29, 0.717) is 40.8 Å². The quantitative estimate of drug-likeness (QED) is 0.245. The van der Waals surface area contributed by atoms with Gasteiger partial charge < -0.3 is 14.9 Å². The van der Waals surface area contributed by atoms with Gasteiger partial charge in [-0.25, -0.2) is 0 Å². The molecule has 0 heterocycles. The first kappa shape index (κ1) is 22.6. The maximum absolute atomic E-state index is 12.7. The molecule has 162 valence electrons. The number of aromatic hydroxyl groups is 2. The molecule has 0 unspecified atom stereocenters. The number of ether oxygens (including phenoxy) is 1. The summed E-state index contributed by atoms with van der Waals surface area (Å²) in [5.41, 5.74) is 3.75. The summed E-state index contributed by atoms with van der Waals surface area (Å²) in [4.78, 5) is 12.7. The van der Waals surface area contributed by atoms with Crippen molar-refractivity contribution < 1.29 is 19.7 Å². The lowest BCUT2D eigenvalue weighted by atomic mass is 9.94. The van der Waals surface area contributed by atoms with E-state index in [4.69, 9.17) is 4.74 Å². The lowest BCUT2D eigenvalue weighted by Crippen LogP contribution is -1.98. The SMILES string of the molecule is C=CCc1ccc(O)c(-c2cc(CC=C)cc(C=CC(=O)c3ccccc3OC)c2O)c1. The fourth-order valence-electron chi connectivity index (χ4n) is 3.53. The molecule has 0 radical (unpaired) electrons. The van der Waals surface area contributed by atoms with Gasteiger partial charge in [0.15, 0.2) is 5.78 Å². The molecule has 0 aliphatic heterocycles. The van der Waals surface area contributed by atoms with E-state index >= 15 is 0 Å². The molecule has 0 saturated heterocycles. The van der Waals surface area contributed by atoms with Crippen LogP contribution in [0.15, 0.2) is 86.0 Å². The number of methoxy groups -OCH3 is 1. The molecule has 4 nitrogen and oxygen atoms in total. The number of carbonyl (C=O) groups excluding carboxylic acids is 1. The summed E-state index contributed by atoms with van der Waals surface area (Å²) in [6, 6.07) is 15.9. The molecule has 3 aromatic carbocycles. The molecule has 3 aromatic rings. The maximum atomic E-state index is 12.7.